The minimum absolute atomic E-state index is 0.0304. The molecule has 0 radical (unpaired) electrons. The van der Waals surface area contributed by atoms with Crippen molar-refractivity contribution in [3.63, 3.8) is 0 Å². The Bertz CT molecular complexity index is 423. The average Bonchev–Trinajstić information content (AvgIpc) is 2.21. The van der Waals surface area contributed by atoms with Gasteiger partial charge in [-0.05, 0) is 30.9 Å². The molecule has 0 amide bonds. The van der Waals surface area contributed by atoms with E-state index in [0.717, 1.165) is 31.4 Å². The van der Waals surface area contributed by atoms with Crippen molar-refractivity contribution in [2.45, 2.75) is 31.4 Å². The van der Waals surface area contributed by atoms with Crippen LogP contribution in [0.4, 0.5) is 8.78 Å². The summed E-state index contributed by atoms with van der Waals surface area (Å²) in [5, 5.41) is 9.75. The largest absolute Gasteiger partial charge is 0.391 e. The molecule has 1 aliphatic rings. The van der Waals surface area contributed by atoms with Crippen LogP contribution in [-0.4, -0.2) is 11.2 Å². The summed E-state index contributed by atoms with van der Waals surface area (Å²) in [6.45, 7) is 0. The third-order valence-electron chi connectivity index (χ3n) is 3.41. The normalized spacial score (nSPS) is 19.8. The van der Waals surface area contributed by atoms with E-state index in [1.54, 1.807) is 0 Å². The molecule has 1 fully saturated rings. The first-order valence-electron chi connectivity index (χ1n) is 5.59. The fourth-order valence-electron chi connectivity index (χ4n) is 2.09. The van der Waals surface area contributed by atoms with E-state index in [0.29, 0.717) is 0 Å². The summed E-state index contributed by atoms with van der Waals surface area (Å²) in [5.41, 5.74) is 5.41. The van der Waals surface area contributed by atoms with E-state index >= 15 is 0 Å². The molecule has 17 heavy (non-hydrogen) atoms. The summed E-state index contributed by atoms with van der Waals surface area (Å²) in [6.07, 6.45) is 1.79. The molecule has 0 heterocycles. The van der Waals surface area contributed by atoms with Crippen LogP contribution in [0.25, 0.3) is 0 Å². The predicted molar refractivity (Wildman–Crippen MR) is 61.6 cm³/mol. The molecular weight excluding hydrogens is 248 g/mol. The van der Waals surface area contributed by atoms with Gasteiger partial charge in [-0.25, -0.2) is 8.78 Å². The summed E-state index contributed by atoms with van der Waals surface area (Å²) in [6, 6.07) is 1.13. The first-order chi connectivity index (χ1) is 8.02. The van der Waals surface area contributed by atoms with Gasteiger partial charge in [-0.1, -0.05) is 18.0 Å². The fourth-order valence-corrected chi connectivity index (χ4v) is 2.26. The van der Waals surface area contributed by atoms with Gasteiger partial charge < -0.3 is 10.8 Å². The summed E-state index contributed by atoms with van der Waals surface area (Å²) in [5.74, 6) is -1.61. The molecule has 0 saturated heterocycles. The smallest absolute Gasteiger partial charge is 0.149 e. The highest BCUT2D eigenvalue weighted by Crippen LogP contribution is 2.36. The van der Waals surface area contributed by atoms with Crippen LogP contribution in [0.1, 0.15) is 30.9 Å². The maximum absolute atomic E-state index is 13.7. The second-order valence-corrected chi connectivity index (χ2v) is 4.87. The molecule has 0 bridgehead atoms. The van der Waals surface area contributed by atoms with E-state index in [1.165, 1.54) is 0 Å². The molecule has 2 atom stereocenters. The molecule has 0 unspecified atom stereocenters. The Labute approximate surface area is 103 Å². The molecule has 1 aromatic carbocycles. The number of rotatable bonds is 3. The van der Waals surface area contributed by atoms with Gasteiger partial charge in [0.25, 0.3) is 0 Å². The van der Waals surface area contributed by atoms with Crippen molar-refractivity contribution in [1.29, 1.82) is 0 Å². The van der Waals surface area contributed by atoms with Crippen LogP contribution in [0.15, 0.2) is 12.1 Å². The lowest BCUT2D eigenvalue weighted by molar-refractivity contribution is 0.0395. The van der Waals surface area contributed by atoms with Gasteiger partial charge >= 0.3 is 0 Å². The molecule has 0 aliphatic heterocycles. The molecule has 1 aromatic rings. The lowest BCUT2D eigenvalue weighted by Crippen LogP contribution is -2.37. The van der Waals surface area contributed by atoms with E-state index < -0.39 is 23.8 Å². The molecule has 1 aliphatic carbocycles. The van der Waals surface area contributed by atoms with Crippen molar-refractivity contribution < 1.29 is 13.9 Å². The van der Waals surface area contributed by atoms with Gasteiger partial charge in [-0.3, -0.25) is 0 Å². The first kappa shape index (κ1) is 12.7. The van der Waals surface area contributed by atoms with Gasteiger partial charge in [-0.2, -0.15) is 0 Å². The maximum Gasteiger partial charge on any atom is 0.149 e. The van der Waals surface area contributed by atoms with E-state index in [1.807, 2.05) is 0 Å². The zero-order valence-corrected chi connectivity index (χ0v) is 9.92. The highest BCUT2D eigenvalue weighted by Gasteiger charge is 2.33. The molecule has 2 nitrogen and oxygen atoms in total. The predicted octanol–water partition coefficient (Wildman–Crippen LogP) is 2.78. The van der Waals surface area contributed by atoms with Gasteiger partial charge in [-0.15, -0.1) is 0 Å². The Kier molecular flexibility index (Phi) is 3.66. The lowest BCUT2D eigenvalue weighted by atomic mass is 9.77. The molecule has 0 spiro atoms. The number of nitrogens with two attached hydrogens (primary N) is 1. The quantitative estimate of drug-likeness (QED) is 0.822. The van der Waals surface area contributed by atoms with Crippen molar-refractivity contribution in [2.75, 3.05) is 0 Å². The molecule has 1 saturated carbocycles. The maximum atomic E-state index is 13.7. The Morgan fingerprint density at radius 2 is 2.00 bits per heavy atom. The third kappa shape index (κ3) is 2.30. The minimum Gasteiger partial charge on any atom is -0.391 e. The van der Waals surface area contributed by atoms with Crippen molar-refractivity contribution >= 4 is 11.6 Å². The SMILES string of the molecule is N[C@H](c1c(F)ccc(Cl)c1F)[C@@H](O)C1CCC1. The summed E-state index contributed by atoms with van der Waals surface area (Å²) >= 11 is 5.58. The minimum atomic E-state index is -1.07. The summed E-state index contributed by atoms with van der Waals surface area (Å²) < 4.78 is 27.2. The fraction of sp³-hybridized carbons (Fsp3) is 0.500. The molecule has 0 aromatic heterocycles. The number of aliphatic hydroxyl groups is 1. The zero-order chi connectivity index (χ0) is 12.6. The number of hydrogen-bond donors (Lipinski definition) is 2. The second kappa shape index (κ2) is 4.88. The van der Waals surface area contributed by atoms with Crippen molar-refractivity contribution in [3.8, 4) is 0 Å². The second-order valence-electron chi connectivity index (χ2n) is 4.46. The average molecular weight is 262 g/mol. The Morgan fingerprint density at radius 3 is 2.53 bits per heavy atom. The van der Waals surface area contributed by atoms with Crippen LogP contribution >= 0.6 is 11.6 Å². The van der Waals surface area contributed by atoms with Crippen LogP contribution in [0.3, 0.4) is 0 Å². The van der Waals surface area contributed by atoms with Gasteiger partial charge in [0.1, 0.15) is 11.6 Å². The van der Waals surface area contributed by atoms with Crippen LogP contribution in [0, 0.1) is 17.6 Å². The van der Waals surface area contributed by atoms with E-state index in [4.69, 9.17) is 17.3 Å². The Balaban J connectivity index is 2.29. The molecule has 2 rings (SSSR count). The van der Waals surface area contributed by atoms with Gasteiger partial charge in [0.15, 0.2) is 0 Å². The van der Waals surface area contributed by atoms with E-state index in [-0.39, 0.29) is 16.5 Å². The van der Waals surface area contributed by atoms with Crippen LogP contribution in [-0.2, 0) is 0 Å². The monoisotopic (exact) mass is 261 g/mol. The van der Waals surface area contributed by atoms with Crippen LogP contribution < -0.4 is 5.73 Å². The molecule has 5 heteroatoms. The number of halogens is 3. The highest BCUT2D eigenvalue weighted by molar-refractivity contribution is 6.30. The Morgan fingerprint density at radius 1 is 1.35 bits per heavy atom. The van der Waals surface area contributed by atoms with Crippen LogP contribution in [0.2, 0.25) is 5.02 Å². The molecular formula is C12H14ClF2NO. The lowest BCUT2D eigenvalue weighted by Gasteiger charge is -2.34. The van der Waals surface area contributed by atoms with Gasteiger partial charge in [0.2, 0.25) is 0 Å². The van der Waals surface area contributed by atoms with Crippen molar-refractivity contribution in [1.82, 2.24) is 0 Å². The van der Waals surface area contributed by atoms with Gasteiger partial charge in [0, 0.05) is 5.56 Å². The van der Waals surface area contributed by atoms with E-state index in [2.05, 4.69) is 0 Å². The number of hydrogen-bond acceptors (Lipinski definition) is 2. The topological polar surface area (TPSA) is 46.2 Å². The van der Waals surface area contributed by atoms with Crippen molar-refractivity contribution in [2.24, 2.45) is 11.7 Å². The van der Waals surface area contributed by atoms with Crippen LogP contribution in [0.5, 0.6) is 0 Å². The summed E-state index contributed by atoms with van der Waals surface area (Å²) in [7, 11) is 0. The Hall–Kier alpha value is -0.710. The van der Waals surface area contributed by atoms with E-state index in [9.17, 15) is 13.9 Å². The zero-order valence-electron chi connectivity index (χ0n) is 9.17. The number of aliphatic hydroxyl groups excluding tert-OH is 1. The number of benzene rings is 1. The molecule has 3 N–H and O–H groups in total. The van der Waals surface area contributed by atoms with Gasteiger partial charge in [0.05, 0.1) is 17.2 Å². The molecule has 94 valence electrons. The van der Waals surface area contributed by atoms with Crippen molar-refractivity contribution in [3.05, 3.63) is 34.4 Å². The highest BCUT2D eigenvalue weighted by atomic mass is 35.5. The standard InChI is InChI=1S/C12H14ClF2NO/c13-7-4-5-8(14)9(10(7)15)11(16)12(17)6-2-1-3-6/h4-6,11-12,17H,1-3,16H2/t11-,12+/m1/s1. The third-order valence-corrected chi connectivity index (χ3v) is 3.71. The summed E-state index contributed by atoms with van der Waals surface area (Å²) in [4.78, 5) is 0. The first-order valence-corrected chi connectivity index (χ1v) is 5.97.